The number of hydrogen-bond donors (Lipinski definition) is 1. The number of methoxy groups -OCH3 is 1. The van der Waals surface area contributed by atoms with Gasteiger partial charge in [-0.25, -0.2) is 0 Å². The van der Waals surface area contributed by atoms with Gasteiger partial charge in [0.15, 0.2) is 5.79 Å². The molecule has 2 aliphatic heterocycles. The van der Waals surface area contributed by atoms with Crippen LogP contribution in [-0.4, -0.2) is 49.2 Å². The molecular formula is C15H20O6. The third-order valence-corrected chi connectivity index (χ3v) is 3.57. The Bertz CT molecular complexity index is 485. The van der Waals surface area contributed by atoms with Crippen molar-refractivity contribution in [2.75, 3.05) is 13.7 Å². The lowest BCUT2D eigenvalue weighted by molar-refractivity contribution is -0.218. The lowest BCUT2D eigenvalue weighted by Gasteiger charge is -2.34. The summed E-state index contributed by atoms with van der Waals surface area (Å²) in [5, 5.41) is 10.4. The molecule has 0 aliphatic carbocycles. The molecule has 6 heteroatoms. The van der Waals surface area contributed by atoms with Crippen molar-refractivity contribution in [3.05, 3.63) is 24.3 Å². The molecule has 2 heterocycles. The van der Waals surface area contributed by atoms with Crippen LogP contribution in [0.4, 0.5) is 0 Å². The van der Waals surface area contributed by atoms with Gasteiger partial charge in [0.25, 0.3) is 0 Å². The molecule has 116 valence electrons. The Morgan fingerprint density at radius 1 is 1.14 bits per heavy atom. The molecule has 6 nitrogen and oxygen atoms in total. The molecule has 0 unspecified atom stereocenters. The molecule has 0 bridgehead atoms. The summed E-state index contributed by atoms with van der Waals surface area (Å²) in [6.45, 7) is 3.96. The minimum absolute atomic E-state index is 0.272. The van der Waals surface area contributed by atoms with Crippen LogP contribution in [0.1, 0.15) is 13.8 Å². The summed E-state index contributed by atoms with van der Waals surface area (Å²) in [5.74, 6) is 0.618. The van der Waals surface area contributed by atoms with Gasteiger partial charge in [0.05, 0.1) is 13.7 Å². The van der Waals surface area contributed by atoms with E-state index in [0.29, 0.717) is 12.4 Å². The zero-order valence-electron chi connectivity index (χ0n) is 12.3. The number of aliphatic hydroxyl groups is 1. The quantitative estimate of drug-likeness (QED) is 0.907. The highest BCUT2D eigenvalue weighted by Gasteiger charge is 2.51. The molecule has 0 saturated carbocycles. The Balaban J connectivity index is 1.66. The molecule has 1 N–H and O–H groups in total. The Morgan fingerprint density at radius 3 is 2.48 bits per heavy atom. The largest absolute Gasteiger partial charge is 0.497 e. The van der Waals surface area contributed by atoms with E-state index in [9.17, 15) is 5.11 Å². The van der Waals surface area contributed by atoms with Gasteiger partial charge in [0, 0.05) is 0 Å². The molecule has 0 aromatic heterocycles. The highest BCUT2D eigenvalue weighted by atomic mass is 16.8. The third-order valence-electron chi connectivity index (χ3n) is 3.57. The van der Waals surface area contributed by atoms with E-state index in [1.165, 1.54) is 0 Å². The molecule has 3 rings (SSSR count). The first-order valence-corrected chi connectivity index (χ1v) is 6.94. The third kappa shape index (κ3) is 2.98. The molecule has 4 atom stereocenters. The Labute approximate surface area is 123 Å². The van der Waals surface area contributed by atoms with Crippen LogP contribution >= 0.6 is 0 Å². The fourth-order valence-corrected chi connectivity index (χ4v) is 2.62. The van der Waals surface area contributed by atoms with Gasteiger partial charge in [-0.05, 0) is 38.1 Å². The van der Waals surface area contributed by atoms with E-state index >= 15 is 0 Å². The molecule has 2 saturated heterocycles. The average Bonchev–Trinajstić information content (AvgIpc) is 2.78. The maximum Gasteiger partial charge on any atom is 0.228 e. The van der Waals surface area contributed by atoms with Crippen molar-refractivity contribution in [2.24, 2.45) is 0 Å². The SMILES string of the molecule is COc1ccc(O[C@@H]2OC[C@@H]3OC(C)(C)O[C@@H]3[C@H]2O)cc1. The van der Waals surface area contributed by atoms with Crippen molar-refractivity contribution < 1.29 is 28.8 Å². The van der Waals surface area contributed by atoms with Crippen molar-refractivity contribution in [3.8, 4) is 11.5 Å². The highest BCUT2D eigenvalue weighted by molar-refractivity contribution is 5.31. The van der Waals surface area contributed by atoms with E-state index in [1.54, 1.807) is 31.4 Å². The van der Waals surface area contributed by atoms with Crippen LogP contribution in [0.3, 0.4) is 0 Å². The maximum atomic E-state index is 10.4. The average molecular weight is 296 g/mol. The molecule has 2 fully saturated rings. The minimum atomic E-state index is -0.910. The van der Waals surface area contributed by atoms with Crippen molar-refractivity contribution in [2.45, 2.75) is 44.2 Å². The predicted octanol–water partition coefficient (Wildman–Crippen LogP) is 1.31. The molecule has 0 radical (unpaired) electrons. The van der Waals surface area contributed by atoms with Gasteiger partial charge in [-0.15, -0.1) is 0 Å². The van der Waals surface area contributed by atoms with Gasteiger partial charge in [-0.1, -0.05) is 0 Å². The second-order valence-corrected chi connectivity index (χ2v) is 5.62. The summed E-state index contributed by atoms with van der Waals surface area (Å²) in [4.78, 5) is 0. The lowest BCUT2D eigenvalue weighted by atomic mass is 10.1. The zero-order valence-corrected chi connectivity index (χ0v) is 12.3. The second kappa shape index (κ2) is 5.46. The number of aliphatic hydroxyl groups excluding tert-OH is 1. The normalized spacial score (nSPS) is 34.3. The van der Waals surface area contributed by atoms with E-state index in [-0.39, 0.29) is 6.10 Å². The minimum Gasteiger partial charge on any atom is -0.497 e. The smallest absolute Gasteiger partial charge is 0.228 e. The molecule has 2 aliphatic rings. The summed E-state index contributed by atoms with van der Waals surface area (Å²) in [7, 11) is 1.60. The molecular weight excluding hydrogens is 276 g/mol. The summed E-state index contributed by atoms with van der Waals surface area (Å²) in [6, 6.07) is 7.09. The zero-order chi connectivity index (χ0) is 15.0. The van der Waals surface area contributed by atoms with Gasteiger partial charge >= 0.3 is 0 Å². The molecule has 0 spiro atoms. The lowest BCUT2D eigenvalue weighted by Crippen LogP contribution is -2.53. The van der Waals surface area contributed by atoms with Crippen LogP contribution in [0.5, 0.6) is 11.5 Å². The maximum absolute atomic E-state index is 10.4. The fraction of sp³-hybridized carbons (Fsp3) is 0.600. The summed E-state index contributed by atoms with van der Waals surface area (Å²) >= 11 is 0. The molecule has 0 amide bonds. The van der Waals surface area contributed by atoms with Gasteiger partial charge in [0.2, 0.25) is 6.29 Å². The summed E-state index contributed by atoms with van der Waals surface area (Å²) in [6.07, 6.45) is -2.41. The Morgan fingerprint density at radius 2 is 1.81 bits per heavy atom. The van der Waals surface area contributed by atoms with Gasteiger partial charge < -0.3 is 28.8 Å². The van der Waals surface area contributed by atoms with Crippen LogP contribution in [0, 0.1) is 0 Å². The number of fused-ring (bicyclic) bond motifs is 1. The number of ether oxygens (including phenoxy) is 5. The van der Waals surface area contributed by atoms with Crippen molar-refractivity contribution >= 4 is 0 Å². The molecule has 1 aromatic rings. The number of hydrogen-bond acceptors (Lipinski definition) is 6. The monoisotopic (exact) mass is 296 g/mol. The van der Waals surface area contributed by atoms with Crippen molar-refractivity contribution in [1.82, 2.24) is 0 Å². The van der Waals surface area contributed by atoms with E-state index < -0.39 is 24.3 Å². The number of benzene rings is 1. The fourth-order valence-electron chi connectivity index (χ4n) is 2.62. The Kier molecular flexibility index (Phi) is 3.79. The van der Waals surface area contributed by atoms with E-state index in [0.717, 1.165) is 5.75 Å². The van der Waals surface area contributed by atoms with Gasteiger partial charge in [-0.2, -0.15) is 0 Å². The second-order valence-electron chi connectivity index (χ2n) is 5.62. The van der Waals surface area contributed by atoms with E-state index in [4.69, 9.17) is 23.7 Å². The van der Waals surface area contributed by atoms with Crippen LogP contribution in [0.25, 0.3) is 0 Å². The molecule has 1 aromatic carbocycles. The predicted molar refractivity (Wildman–Crippen MR) is 73.2 cm³/mol. The van der Waals surface area contributed by atoms with E-state index in [2.05, 4.69) is 0 Å². The standard InChI is InChI=1S/C15H20O6/c1-15(2)20-11-8-18-14(12(16)13(11)21-15)19-10-6-4-9(17-3)5-7-10/h4-7,11-14,16H,8H2,1-3H3/t11-,12+,13-,14-/m0/s1. The van der Waals surface area contributed by atoms with Gasteiger partial charge in [-0.3, -0.25) is 0 Å². The first-order valence-electron chi connectivity index (χ1n) is 6.94. The highest BCUT2D eigenvalue weighted by Crippen LogP contribution is 2.35. The van der Waals surface area contributed by atoms with Crippen molar-refractivity contribution in [3.63, 3.8) is 0 Å². The first-order chi connectivity index (χ1) is 9.98. The topological polar surface area (TPSA) is 66.4 Å². The first kappa shape index (κ1) is 14.6. The number of rotatable bonds is 3. The van der Waals surface area contributed by atoms with Crippen LogP contribution in [0.2, 0.25) is 0 Å². The molecule has 21 heavy (non-hydrogen) atoms. The Hall–Kier alpha value is -1.34. The van der Waals surface area contributed by atoms with Crippen LogP contribution in [0.15, 0.2) is 24.3 Å². The summed E-state index contributed by atoms with van der Waals surface area (Å²) in [5.41, 5.74) is 0. The van der Waals surface area contributed by atoms with Crippen LogP contribution < -0.4 is 9.47 Å². The van der Waals surface area contributed by atoms with Gasteiger partial charge in [0.1, 0.15) is 29.8 Å². The van der Waals surface area contributed by atoms with E-state index in [1.807, 2.05) is 13.8 Å². The van der Waals surface area contributed by atoms with Crippen LogP contribution in [-0.2, 0) is 14.2 Å². The van der Waals surface area contributed by atoms with Crippen molar-refractivity contribution in [1.29, 1.82) is 0 Å². The summed E-state index contributed by atoms with van der Waals surface area (Å²) < 4.78 is 27.7.